The topological polar surface area (TPSA) is 34.5 Å². The van der Waals surface area contributed by atoms with Crippen molar-refractivity contribution in [3.05, 3.63) is 285 Å². The van der Waals surface area contributed by atoms with Gasteiger partial charge in [-0.3, -0.25) is 0 Å². The van der Waals surface area contributed by atoms with Crippen LogP contribution in [0.2, 0.25) is 0 Å². The number of para-hydroxylation sites is 4. The Kier molecular flexibility index (Phi) is 10.4. The lowest BCUT2D eigenvalue weighted by molar-refractivity contribution is 0.669. The summed E-state index contributed by atoms with van der Waals surface area (Å²) in [4.78, 5) is 5.00. The van der Waals surface area contributed by atoms with Crippen LogP contribution in [0, 0.1) is 0 Å². The molecule has 18 rings (SSSR count). The second kappa shape index (κ2) is 18.5. The summed E-state index contributed by atoms with van der Waals surface area (Å²) in [6, 6.07) is 104. The van der Waals surface area contributed by atoms with Crippen LogP contribution in [0.4, 0.5) is 17.1 Å². The van der Waals surface area contributed by atoms with Gasteiger partial charge in [0.1, 0.15) is 22.3 Å². The van der Waals surface area contributed by atoms with Crippen molar-refractivity contribution >= 4 is 118 Å². The maximum atomic E-state index is 6.93. The molecule has 0 saturated carbocycles. The van der Waals surface area contributed by atoms with E-state index in [4.69, 9.17) is 8.83 Å². The Morgan fingerprint density at radius 3 is 1.33 bits per heavy atom. The molecule has 0 saturated heterocycles. The molecule has 0 N–H and O–H groups in total. The summed E-state index contributed by atoms with van der Waals surface area (Å²) in [5.41, 5.74) is 25.5. The van der Waals surface area contributed by atoms with Crippen LogP contribution in [0.15, 0.2) is 304 Å². The molecular formula is C78H47BN2O2S. The smallest absolute Gasteiger partial charge is 0.249 e. The number of fused-ring (bicyclic) bond motifs is 13. The molecular weight excluding hydrogens is 1040 g/mol. The normalized spacial score (nSPS) is 12.7. The Balaban J connectivity index is 0.908. The molecule has 0 spiro atoms. The highest BCUT2D eigenvalue weighted by Crippen LogP contribution is 2.48. The monoisotopic (exact) mass is 1090 g/mol. The lowest BCUT2D eigenvalue weighted by Crippen LogP contribution is -2.59. The first kappa shape index (κ1) is 47.1. The van der Waals surface area contributed by atoms with Crippen LogP contribution < -0.4 is 21.3 Å². The first-order valence-corrected chi connectivity index (χ1v) is 29.6. The number of aromatic nitrogens is 1. The van der Waals surface area contributed by atoms with Gasteiger partial charge in [0, 0.05) is 76.0 Å². The minimum absolute atomic E-state index is 0.0971. The van der Waals surface area contributed by atoms with E-state index >= 15 is 0 Å². The minimum atomic E-state index is -0.0971. The van der Waals surface area contributed by atoms with E-state index in [-0.39, 0.29) is 6.71 Å². The minimum Gasteiger partial charge on any atom is -0.455 e. The van der Waals surface area contributed by atoms with E-state index in [1.54, 1.807) is 0 Å². The molecule has 0 aliphatic carbocycles. The molecule has 0 unspecified atom stereocenters. The third kappa shape index (κ3) is 7.24. The molecule has 0 radical (unpaired) electrons. The van der Waals surface area contributed by atoms with Gasteiger partial charge in [-0.15, -0.1) is 0 Å². The fourth-order valence-corrected chi connectivity index (χ4v) is 15.0. The van der Waals surface area contributed by atoms with Gasteiger partial charge in [-0.05, 0) is 140 Å². The standard InChI is InChI=1S/C78H47BN2O2S/c1-4-18-48(19-5-1)51-32-36-56(37-33-51)80-70-44-52(62-40-54(49-20-6-2-7-21-49)42-64-60-26-12-16-30-72(60)82-77(62)64)34-38-66(70)79-67-39-35-53(63-41-55(50-22-8-3-9-23-50)43-65-61-27-13-17-31-73(61)83-78(63)65)45-74(67)84-75-47-57(46-71(80)76(75)79)81-68-28-14-10-24-58(68)59-25-11-15-29-69(59)81/h1-47H. The Bertz CT molecular complexity index is 5300. The summed E-state index contributed by atoms with van der Waals surface area (Å²) in [6.07, 6.45) is 0. The number of rotatable bonds is 7. The summed E-state index contributed by atoms with van der Waals surface area (Å²) in [5.74, 6) is 0. The quantitative estimate of drug-likeness (QED) is 0.149. The van der Waals surface area contributed by atoms with Crippen LogP contribution >= 0.6 is 11.8 Å². The lowest BCUT2D eigenvalue weighted by atomic mass is 9.34. The Labute approximate surface area is 489 Å². The van der Waals surface area contributed by atoms with Crippen molar-refractivity contribution in [2.75, 3.05) is 4.90 Å². The van der Waals surface area contributed by atoms with E-state index in [0.717, 1.165) is 106 Å². The molecule has 5 heterocycles. The molecule has 4 nitrogen and oxygen atoms in total. The van der Waals surface area contributed by atoms with Gasteiger partial charge in [0.25, 0.3) is 0 Å². The van der Waals surface area contributed by atoms with Crippen LogP contribution in [0.5, 0.6) is 0 Å². The van der Waals surface area contributed by atoms with Crippen LogP contribution in [0.25, 0.3) is 127 Å². The van der Waals surface area contributed by atoms with Crippen molar-refractivity contribution in [1.29, 1.82) is 0 Å². The van der Waals surface area contributed by atoms with Crippen molar-refractivity contribution in [2.45, 2.75) is 9.79 Å². The van der Waals surface area contributed by atoms with Crippen LogP contribution in [-0.2, 0) is 0 Å². The van der Waals surface area contributed by atoms with Gasteiger partial charge in [0.15, 0.2) is 0 Å². The van der Waals surface area contributed by atoms with Crippen LogP contribution in [-0.4, -0.2) is 11.3 Å². The van der Waals surface area contributed by atoms with E-state index in [0.29, 0.717) is 0 Å². The lowest BCUT2D eigenvalue weighted by Gasteiger charge is -2.41. The average Bonchev–Trinajstić information content (AvgIpc) is 0.955. The number of hydrogen-bond acceptors (Lipinski definition) is 4. The third-order valence-corrected chi connectivity index (χ3v) is 18.8. The number of nitrogens with zero attached hydrogens (tertiary/aromatic N) is 2. The van der Waals surface area contributed by atoms with E-state index in [9.17, 15) is 0 Å². The molecule has 16 aromatic rings. The van der Waals surface area contributed by atoms with Crippen LogP contribution in [0.1, 0.15) is 0 Å². The molecule has 0 fully saturated rings. The average molecular weight is 1090 g/mol. The van der Waals surface area contributed by atoms with Crippen molar-refractivity contribution in [1.82, 2.24) is 4.57 Å². The van der Waals surface area contributed by atoms with Crippen LogP contribution in [0.3, 0.4) is 0 Å². The summed E-state index contributed by atoms with van der Waals surface area (Å²) in [5, 5.41) is 6.89. The maximum Gasteiger partial charge on any atom is 0.249 e. The third-order valence-electron chi connectivity index (χ3n) is 17.6. The SMILES string of the molecule is c1ccc(-c2ccc(N3c4cc(-c5cc(-c6ccccc6)cc6c5oc5ccccc56)ccc4B4c5ccc(-c6cc(-c7ccccc7)cc7c6oc6ccccc67)cc5Sc5cc(-n6c7ccccc7c7ccccc76)cc3c54)cc2)cc1. The summed E-state index contributed by atoms with van der Waals surface area (Å²) in [7, 11) is 0. The molecule has 6 heteroatoms. The highest BCUT2D eigenvalue weighted by molar-refractivity contribution is 8.00. The Hall–Kier alpha value is -10.5. The second-order valence-electron chi connectivity index (χ2n) is 22.3. The van der Waals surface area contributed by atoms with Crippen molar-refractivity contribution in [2.24, 2.45) is 0 Å². The molecule has 2 aliphatic rings. The molecule has 2 aliphatic heterocycles. The Morgan fingerprint density at radius 1 is 0.298 bits per heavy atom. The highest BCUT2D eigenvalue weighted by Gasteiger charge is 2.42. The van der Waals surface area contributed by atoms with E-state index in [1.807, 2.05) is 11.8 Å². The van der Waals surface area contributed by atoms with Gasteiger partial charge < -0.3 is 18.3 Å². The van der Waals surface area contributed by atoms with Crippen molar-refractivity contribution in [3.63, 3.8) is 0 Å². The molecule has 0 amide bonds. The van der Waals surface area contributed by atoms with Crippen molar-refractivity contribution in [3.8, 4) is 61.3 Å². The zero-order chi connectivity index (χ0) is 55.0. The summed E-state index contributed by atoms with van der Waals surface area (Å²) < 4.78 is 16.3. The molecule has 390 valence electrons. The summed E-state index contributed by atoms with van der Waals surface area (Å²) in [6.45, 7) is -0.0971. The zero-order valence-electron chi connectivity index (χ0n) is 45.3. The first-order valence-electron chi connectivity index (χ1n) is 28.7. The van der Waals surface area contributed by atoms with E-state index in [1.165, 1.54) is 64.7 Å². The van der Waals surface area contributed by atoms with Crippen molar-refractivity contribution < 1.29 is 8.83 Å². The predicted octanol–water partition coefficient (Wildman–Crippen LogP) is 19.7. The van der Waals surface area contributed by atoms with Gasteiger partial charge in [0.05, 0.1) is 11.0 Å². The largest absolute Gasteiger partial charge is 0.455 e. The number of benzene rings is 13. The number of hydrogen-bond donors (Lipinski definition) is 0. The highest BCUT2D eigenvalue weighted by atomic mass is 32.2. The number of anilines is 3. The molecule has 0 bridgehead atoms. The van der Waals surface area contributed by atoms with E-state index in [2.05, 4.69) is 295 Å². The molecule has 3 aromatic heterocycles. The van der Waals surface area contributed by atoms with Gasteiger partial charge >= 0.3 is 0 Å². The molecule has 84 heavy (non-hydrogen) atoms. The maximum absolute atomic E-state index is 6.93. The summed E-state index contributed by atoms with van der Waals surface area (Å²) >= 11 is 1.88. The first-order chi connectivity index (χ1) is 41.6. The fraction of sp³-hybridized carbons (Fsp3) is 0. The zero-order valence-corrected chi connectivity index (χ0v) is 46.1. The van der Waals surface area contributed by atoms with E-state index < -0.39 is 0 Å². The number of furan rings is 2. The molecule has 0 atom stereocenters. The van der Waals surface area contributed by atoms with Gasteiger partial charge in [-0.2, -0.15) is 0 Å². The van der Waals surface area contributed by atoms with Gasteiger partial charge in [-0.25, -0.2) is 0 Å². The fourth-order valence-electron chi connectivity index (χ4n) is 13.8. The Morgan fingerprint density at radius 2 is 0.762 bits per heavy atom. The predicted molar refractivity (Wildman–Crippen MR) is 352 cm³/mol. The van der Waals surface area contributed by atoms with Gasteiger partial charge in [0.2, 0.25) is 6.71 Å². The van der Waals surface area contributed by atoms with Gasteiger partial charge in [-0.1, -0.05) is 217 Å². The molecule has 13 aromatic carbocycles. The second-order valence-corrected chi connectivity index (χ2v) is 23.4.